The zero-order valence-corrected chi connectivity index (χ0v) is 15.2. The summed E-state index contributed by atoms with van der Waals surface area (Å²) in [6.45, 7) is 9.51. The van der Waals surface area contributed by atoms with Crippen LogP contribution in [0.15, 0.2) is 12.5 Å². The monoisotopic (exact) mass is 343 g/mol. The highest BCUT2D eigenvalue weighted by Crippen LogP contribution is 2.33. The van der Waals surface area contributed by atoms with E-state index in [0.29, 0.717) is 5.91 Å². The van der Waals surface area contributed by atoms with Crippen LogP contribution < -0.4 is 4.90 Å². The maximum Gasteiger partial charge on any atom is 0.222 e. The second kappa shape index (κ2) is 7.28. The van der Waals surface area contributed by atoms with E-state index in [-0.39, 0.29) is 0 Å². The molecule has 3 aliphatic heterocycles. The number of nitrogens with zero attached hydrogens (tertiary/aromatic N) is 5. The SMILES string of the molecule is Cc1cncnc1N1CC2CN(CCN3CCCCCC3=O)CC2C1. The molecule has 3 aliphatic rings. The number of hydrogen-bond acceptors (Lipinski definition) is 5. The lowest BCUT2D eigenvalue weighted by Gasteiger charge is -2.26. The number of carbonyl (C=O) groups excluding carboxylic acids is 1. The predicted molar refractivity (Wildman–Crippen MR) is 97.5 cm³/mol. The van der Waals surface area contributed by atoms with E-state index in [9.17, 15) is 4.79 Å². The number of carbonyl (C=O) groups is 1. The molecule has 1 amide bonds. The molecular formula is C19H29N5O. The topological polar surface area (TPSA) is 52.6 Å². The molecule has 136 valence electrons. The molecule has 6 nitrogen and oxygen atoms in total. The van der Waals surface area contributed by atoms with Gasteiger partial charge < -0.3 is 14.7 Å². The van der Waals surface area contributed by atoms with E-state index < -0.39 is 0 Å². The smallest absolute Gasteiger partial charge is 0.222 e. The van der Waals surface area contributed by atoms with Crippen LogP contribution in [0.5, 0.6) is 0 Å². The molecule has 25 heavy (non-hydrogen) atoms. The summed E-state index contributed by atoms with van der Waals surface area (Å²) >= 11 is 0. The van der Waals surface area contributed by atoms with E-state index in [0.717, 1.165) is 76.3 Å². The Balaban J connectivity index is 1.28. The van der Waals surface area contributed by atoms with Gasteiger partial charge in [-0.05, 0) is 31.6 Å². The van der Waals surface area contributed by atoms with Gasteiger partial charge in [0, 0.05) is 64.0 Å². The van der Waals surface area contributed by atoms with Crippen molar-refractivity contribution in [3.63, 3.8) is 0 Å². The summed E-state index contributed by atoms with van der Waals surface area (Å²) in [7, 11) is 0. The Hall–Kier alpha value is -1.69. The minimum atomic E-state index is 0.363. The predicted octanol–water partition coefficient (Wildman–Crippen LogP) is 1.56. The first-order valence-corrected chi connectivity index (χ1v) is 9.72. The molecule has 0 aromatic carbocycles. The van der Waals surface area contributed by atoms with Gasteiger partial charge in [-0.25, -0.2) is 9.97 Å². The van der Waals surface area contributed by atoms with Crippen LogP contribution in [-0.2, 0) is 4.79 Å². The lowest BCUT2D eigenvalue weighted by molar-refractivity contribution is -0.130. The van der Waals surface area contributed by atoms with Crippen molar-refractivity contribution in [2.24, 2.45) is 11.8 Å². The molecule has 4 heterocycles. The summed E-state index contributed by atoms with van der Waals surface area (Å²) in [5.41, 5.74) is 1.17. The van der Waals surface area contributed by atoms with Crippen molar-refractivity contribution in [2.45, 2.75) is 32.6 Å². The molecule has 3 fully saturated rings. The van der Waals surface area contributed by atoms with Gasteiger partial charge in [0.1, 0.15) is 12.1 Å². The van der Waals surface area contributed by atoms with Crippen LogP contribution in [0.3, 0.4) is 0 Å². The van der Waals surface area contributed by atoms with Crippen molar-refractivity contribution in [1.82, 2.24) is 19.8 Å². The highest BCUT2D eigenvalue weighted by Gasteiger charge is 2.40. The van der Waals surface area contributed by atoms with Crippen molar-refractivity contribution >= 4 is 11.7 Å². The van der Waals surface area contributed by atoms with Gasteiger partial charge in [-0.1, -0.05) is 6.42 Å². The van der Waals surface area contributed by atoms with Crippen LogP contribution in [0.2, 0.25) is 0 Å². The number of likely N-dealkylation sites (tertiary alicyclic amines) is 2. The molecule has 0 bridgehead atoms. The number of amides is 1. The maximum atomic E-state index is 12.1. The molecule has 0 spiro atoms. The minimum absolute atomic E-state index is 0.363. The number of aryl methyl sites for hydroxylation is 1. The summed E-state index contributed by atoms with van der Waals surface area (Å²) in [5, 5.41) is 0. The molecule has 6 heteroatoms. The van der Waals surface area contributed by atoms with Crippen molar-refractivity contribution < 1.29 is 4.79 Å². The van der Waals surface area contributed by atoms with Crippen molar-refractivity contribution in [3.05, 3.63) is 18.1 Å². The lowest BCUT2D eigenvalue weighted by atomic mass is 10.0. The second-order valence-electron chi connectivity index (χ2n) is 7.91. The Morgan fingerprint density at radius 1 is 1.08 bits per heavy atom. The first-order chi connectivity index (χ1) is 12.2. The molecule has 0 aliphatic carbocycles. The maximum absolute atomic E-state index is 12.1. The van der Waals surface area contributed by atoms with Gasteiger partial charge in [0.15, 0.2) is 0 Å². The average Bonchev–Trinajstić information content (AvgIpc) is 3.08. The summed E-state index contributed by atoms with van der Waals surface area (Å²) in [6.07, 6.45) is 7.75. The van der Waals surface area contributed by atoms with Crippen molar-refractivity contribution in [2.75, 3.05) is 50.7 Å². The lowest BCUT2D eigenvalue weighted by Crippen LogP contribution is -2.39. The Morgan fingerprint density at radius 3 is 2.64 bits per heavy atom. The highest BCUT2D eigenvalue weighted by atomic mass is 16.2. The summed E-state index contributed by atoms with van der Waals surface area (Å²) in [5.74, 6) is 2.93. The number of hydrogen-bond donors (Lipinski definition) is 0. The van der Waals surface area contributed by atoms with Crippen LogP contribution in [0.1, 0.15) is 31.2 Å². The fourth-order valence-electron chi connectivity index (χ4n) is 4.71. The van der Waals surface area contributed by atoms with E-state index in [1.54, 1.807) is 6.33 Å². The van der Waals surface area contributed by atoms with Gasteiger partial charge >= 0.3 is 0 Å². The first kappa shape index (κ1) is 16.8. The molecule has 2 atom stereocenters. The minimum Gasteiger partial charge on any atom is -0.356 e. The summed E-state index contributed by atoms with van der Waals surface area (Å²) in [4.78, 5) is 27.8. The van der Waals surface area contributed by atoms with Crippen molar-refractivity contribution in [1.29, 1.82) is 0 Å². The van der Waals surface area contributed by atoms with E-state index in [4.69, 9.17) is 0 Å². The molecule has 2 unspecified atom stereocenters. The Kier molecular flexibility index (Phi) is 4.88. The standard InChI is InChI=1S/C19H29N5O/c1-15-9-20-14-21-19(15)24-12-16-10-22(11-17(16)13-24)7-8-23-6-4-2-3-5-18(23)25/h9,14,16-17H,2-8,10-13H2,1H3. The fraction of sp³-hybridized carbons (Fsp3) is 0.737. The zero-order chi connectivity index (χ0) is 17.2. The van der Waals surface area contributed by atoms with Crippen LogP contribution in [-0.4, -0.2) is 71.5 Å². The van der Waals surface area contributed by atoms with Gasteiger partial charge in [0.2, 0.25) is 5.91 Å². The van der Waals surface area contributed by atoms with Gasteiger partial charge in [0.05, 0.1) is 0 Å². The van der Waals surface area contributed by atoms with Crippen LogP contribution in [0.25, 0.3) is 0 Å². The Morgan fingerprint density at radius 2 is 1.88 bits per heavy atom. The quantitative estimate of drug-likeness (QED) is 0.830. The van der Waals surface area contributed by atoms with E-state index in [1.807, 2.05) is 6.20 Å². The highest BCUT2D eigenvalue weighted by molar-refractivity contribution is 5.76. The third kappa shape index (κ3) is 3.64. The van der Waals surface area contributed by atoms with Crippen LogP contribution in [0, 0.1) is 18.8 Å². The third-order valence-corrected chi connectivity index (χ3v) is 6.09. The Labute approximate surface area is 150 Å². The number of rotatable bonds is 4. The van der Waals surface area contributed by atoms with Gasteiger partial charge in [-0.3, -0.25) is 4.79 Å². The number of fused-ring (bicyclic) bond motifs is 1. The second-order valence-corrected chi connectivity index (χ2v) is 7.91. The van der Waals surface area contributed by atoms with E-state index in [1.165, 1.54) is 18.4 Å². The molecule has 0 saturated carbocycles. The largest absolute Gasteiger partial charge is 0.356 e. The van der Waals surface area contributed by atoms with Gasteiger partial charge in [-0.2, -0.15) is 0 Å². The zero-order valence-electron chi connectivity index (χ0n) is 15.2. The summed E-state index contributed by atoms with van der Waals surface area (Å²) in [6, 6.07) is 0. The average molecular weight is 343 g/mol. The van der Waals surface area contributed by atoms with E-state index >= 15 is 0 Å². The molecule has 1 aromatic heterocycles. The van der Waals surface area contributed by atoms with Gasteiger partial charge in [0.25, 0.3) is 0 Å². The molecule has 4 rings (SSSR count). The van der Waals surface area contributed by atoms with E-state index in [2.05, 4.69) is 31.6 Å². The molecule has 0 radical (unpaired) electrons. The molecule has 3 saturated heterocycles. The molecule has 1 aromatic rings. The van der Waals surface area contributed by atoms with Crippen LogP contribution >= 0.6 is 0 Å². The first-order valence-electron chi connectivity index (χ1n) is 9.72. The number of anilines is 1. The number of aromatic nitrogens is 2. The fourth-order valence-corrected chi connectivity index (χ4v) is 4.71. The van der Waals surface area contributed by atoms with Crippen molar-refractivity contribution in [3.8, 4) is 0 Å². The third-order valence-electron chi connectivity index (χ3n) is 6.09. The van der Waals surface area contributed by atoms with Gasteiger partial charge in [-0.15, -0.1) is 0 Å². The Bertz CT molecular complexity index is 608. The normalized spacial score (nSPS) is 27.6. The summed E-state index contributed by atoms with van der Waals surface area (Å²) < 4.78 is 0. The van der Waals surface area contributed by atoms with Crippen LogP contribution in [0.4, 0.5) is 5.82 Å². The molecule has 0 N–H and O–H groups in total. The molecular weight excluding hydrogens is 314 g/mol.